The summed E-state index contributed by atoms with van der Waals surface area (Å²) in [7, 11) is -0.496. The van der Waals surface area contributed by atoms with Crippen LogP contribution in [-0.2, 0) is 16.1 Å². The van der Waals surface area contributed by atoms with Crippen molar-refractivity contribution >= 4 is 14.3 Å². The molecule has 6 heteroatoms. The van der Waals surface area contributed by atoms with Gasteiger partial charge < -0.3 is 18.6 Å². The maximum Gasteiger partial charge on any atom is 0.306 e. The molecule has 3 aromatic rings. The molecule has 0 spiro atoms. The lowest BCUT2D eigenvalue weighted by atomic mass is 9.94. The lowest BCUT2D eigenvalue weighted by molar-refractivity contribution is -0.141. The first-order valence-electron chi connectivity index (χ1n) is 13.2. The first-order chi connectivity index (χ1) is 17.9. The van der Waals surface area contributed by atoms with Crippen molar-refractivity contribution in [3.05, 3.63) is 76.9 Å². The first-order valence-corrected chi connectivity index (χ1v) is 16.1. The van der Waals surface area contributed by atoms with Gasteiger partial charge in [0.25, 0.3) is 0 Å². The topological polar surface area (TPSA) is 54.0 Å². The molecule has 0 bridgehead atoms. The van der Waals surface area contributed by atoms with Gasteiger partial charge in [-0.3, -0.25) is 4.79 Å². The molecule has 0 radical (unpaired) electrons. The van der Waals surface area contributed by atoms with Crippen molar-refractivity contribution in [1.29, 1.82) is 0 Å². The fourth-order valence-corrected chi connectivity index (χ4v) is 5.68. The molecular formula is C32H40O5Si. The van der Waals surface area contributed by atoms with Gasteiger partial charge in [0.2, 0.25) is 8.32 Å². The van der Waals surface area contributed by atoms with E-state index in [1.807, 2.05) is 18.2 Å². The molecule has 0 saturated carbocycles. The standard InChI is InChI=1S/C32H40O5Si/c1-21-14-27(37-38(7,8)32(3,4)5)15-22(2)31(21)24-11-9-10-23(16-24)19-35-26-12-13-28-25(17-30(33)34-6)20-36-29(28)18-26/h9-16,18,25H,17,19-20H2,1-8H3/t25-/m1/s1. The molecule has 38 heavy (non-hydrogen) atoms. The second kappa shape index (κ2) is 10.9. The van der Waals surface area contributed by atoms with E-state index in [1.165, 1.54) is 29.4 Å². The minimum atomic E-state index is -1.91. The number of methoxy groups -OCH3 is 1. The Kier molecular flexibility index (Phi) is 7.93. The maximum absolute atomic E-state index is 11.7. The Balaban J connectivity index is 1.47. The SMILES string of the molecule is COC(=O)C[C@@H]1COc2cc(OCc3cccc(-c4c(C)cc(O[Si](C)(C)C(C)(C)C)cc4C)c3)ccc21. The Morgan fingerprint density at radius 1 is 1.00 bits per heavy atom. The number of ether oxygens (including phenoxy) is 3. The monoisotopic (exact) mass is 532 g/mol. The summed E-state index contributed by atoms with van der Waals surface area (Å²) < 4.78 is 23.3. The van der Waals surface area contributed by atoms with E-state index in [0.717, 1.165) is 28.4 Å². The van der Waals surface area contributed by atoms with Crippen LogP contribution in [0.15, 0.2) is 54.6 Å². The van der Waals surface area contributed by atoms with Crippen LogP contribution in [0.4, 0.5) is 0 Å². The van der Waals surface area contributed by atoms with Gasteiger partial charge in [-0.05, 0) is 84.1 Å². The summed E-state index contributed by atoms with van der Waals surface area (Å²) in [6.45, 7) is 16.6. The second-order valence-electron chi connectivity index (χ2n) is 11.8. The second-order valence-corrected chi connectivity index (χ2v) is 16.5. The normalized spacial score (nSPS) is 15.0. The predicted octanol–water partition coefficient (Wildman–Crippen LogP) is 7.97. The molecule has 0 N–H and O–H groups in total. The van der Waals surface area contributed by atoms with Crippen molar-refractivity contribution in [3.8, 4) is 28.4 Å². The van der Waals surface area contributed by atoms with Gasteiger partial charge >= 0.3 is 5.97 Å². The molecule has 0 aliphatic carbocycles. The summed E-state index contributed by atoms with van der Waals surface area (Å²) in [4.78, 5) is 11.7. The highest BCUT2D eigenvalue weighted by molar-refractivity contribution is 6.74. The third kappa shape index (κ3) is 6.07. The van der Waals surface area contributed by atoms with Gasteiger partial charge in [-0.25, -0.2) is 0 Å². The third-order valence-corrected chi connectivity index (χ3v) is 12.2. The van der Waals surface area contributed by atoms with Crippen molar-refractivity contribution in [1.82, 2.24) is 0 Å². The van der Waals surface area contributed by atoms with Crippen LogP contribution in [0, 0.1) is 13.8 Å². The van der Waals surface area contributed by atoms with Gasteiger partial charge in [0.05, 0.1) is 20.1 Å². The van der Waals surface area contributed by atoms with Crippen molar-refractivity contribution in [2.45, 2.75) is 71.7 Å². The lowest BCUT2D eigenvalue weighted by Crippen LogP contribution is -2.43. The van der Waals surface area contributed by atoms with E-state index < -0.39 is 8.32 Å². The molecule has 1 aliphatic rings. The molecule has 0 aromatic heterocycles. The number of fused-ring (bicyclic) bond motifs is 1. The van der Waals surface area contributed by atoms with Crippen LogP contribution in [0.3, 0.4) is 0 Å². The van der Waals surface area contributed by atoms with Gasteiger partial charge in [0, 0.05) is 17.5 Å². The van der Waals surface area contributed by atoms with Crippen LogP contribution in [-0.4, -0.2) is 28.0 Å². The summed E-state index contributed by atoms with van der Waals surface area (Å²) in [5.74, 6) is 2.27. The van der Waals surface area contributed by atoms with Gasteiger partial charge in [-0.15, -0.1) is 0 Å². The Labute approximate surface area is 228 Å². The van der Waals surface area contributed by atoms with Crippen molar-refractivity contribution < 1.29 is 23.4 Å². The quantitative estimate of drug-likeness (QED) is 0.217. The first kappa shape index (κ1) is 27.8. The minimum Gasteiger partial charge on any atom is -0.543 e. The zero-order valence-corrected chi connectivity index (χ0v) is 24.9. The number of carbonyl (C=O) groups is 1. The van der Waals surface area contributed by atoms with E-state index in [0.29, 0.717) is 19.6 Å². The van der Waals surface area contributed by atoms with Crippen LogP contribution >= 0.6 is 0 Å². The number of benzene rings is 3. The Bertz CT molecular complexity index is 1300. The average Bonchev–Trinajstić information content (AvgIpc) is 3.23. The zero-order valence-electron chi connectivity index (χ0n) is 23.9. The highest BCUT2D eigenvalue weighted by atomic mass is 28.4. The van der Waals surface area contributed by atoms with Crippen molar-refractivity contribution in [2.24, 2.45) is 0 Å². The van der Waals surface area contributed by atoms with E-state index in [9.17, 15) is 4.79 Å². The highest BCUT2D eigenvalue weighted by Gasteiger charge is 2.39. The number of hydrogen-bond acceptors (Lipinski definition) is 5. The van der Waals surface area contributed by atoms with Crippen LogP contribution < -0.4 is 13.9 Å². The Morgan fingerprint density at radius 2 is 1.71 bits per heavy atom. The summed E-state index contributed by atoms with van der Waals surface area (Å²) in [6.07, 6.45) is 0.318. The van der Waals surface area contributed by atoms with E-state index in [-0.39, 0.29) is 16.9 Å². The number of rotatable bonds is 8. The van der Waals surface area contributed by atoms with E-state index in [1.54, 1.807) is 0 Å². The Hall–Kier alpha value is -3.25. The molecule has 3 aromatic carbocycles. The van der Waals surface area contributed by atoms with Gasteiger partial charge in [0.15, 0.2) is 0 Å². The molecule has 1 atom stereocenters. The highest BCUT2D eigenvalue weighted by Crippen LogP contribution is 2.40. The summed E-state index contributed by atoms with van der Waals surface area (Å²) in [5.41, 5.74) is 6.92. The summed E-state index contributed by atoms with van der Waals surface area (Å²) in [5, 5.41) is 0.150. The fourth-order valence-electron chi connectivity index (χ4n) is 4.67. The van der Waals surface area contributed by atoms with Crippen LogP contribution in [0.2, 0.25) is 18.1 Å². The molecule has 5 nitrogen and oxygen atoms in total. The summed E-state index contributed by atoms with van der Waals surface area (Å²) >= 11 is 0. The van der Waals surface area contributed by atoms with Crippen LogP contribution in [0.5, 0.6) is 17.2 Å². The van der Waals surface area contributed by atoms with Gasteiger partial charge in [0.1, 0.15) is 23.9 Å². The van der Waals surface area contributed by atoms with Crippen LogP contribution in [0.1, 0.15) is 55.4 Å². The molecule has 1 heterocycles. The molecule has 4 rings (SSSR count). The smallest absolute Gasteiger partial charge is 0.306 e. The number of carbonyl (C=O) groups excluding carboxylic acids is 1. The maximum atomic E-state index is 11.7. The van der Waals surface area contributed by atoms with Gasteiger partial charge in [-0.1, -0.05) is 45.0 Å². The number of aryl methyl sites for hydroxylation is 2. The van der Waals surface area contributed by atoms with E-state index in [4.69, 9.17) is 18.6 Å². The summed E-state index contributed by atoms with van der Waals surface area (Å²) in [6, 6.07) is 18.7. The zero-order chi connectivity index (χ0) is 27.7. The third-order valence-electron chi connectivity index (χ3n) is 7.81. The number of hydrogen-bond donors (Lipinski definition) is 0. The Morgan fingerprint density at radius 3 is 2.37 bits per heavy atom. The van der Waals surface area contributed by atoms with E-state index >= 15 is 0 Å². The predicted molar refractivity (Wildman–Crippen MR) is 155 cm³/mol. The van der Waals surface area contributed by atoms with E-state index in [2.05, 4.69) is 84.1 Å². The molecule has 0 fully saturated rings. The average molecular weight is 533 g/mol. The van der Waals surface area contributed by atoms with Crippen LogP contribution in [0.25, 0.3) is 11.1 Å². The van der Waals surface area contributed by atoms with Crippen molar-refractivity contribution in [2.75, 3.05) is 13.7 Å². The number of esters is 1. The largest absolute Gasteiger partial charge is 0.543 e. The molecule has 1 aliphatic heterocycles. The molecule has 0 amide bonds. The molecular weight excluding hydrogens is 492 g/mol. The molecule has 0 unspecified atom stereocenters. The molecule has 202 valence electrons. The lowest BCUT2D eigenvalue weighted by Gasteiger charge is -2.36. The molecule has 0 saturated heterocycles. The van der Waals surface area contributed by atoms with Gasteiger partial charge in [-0.2, -0.15) is 0 Å². The fraction of sp³-hybridized carbons (Fsp3) is 0.406. The van der Waals surface area contributed by atoms with Crippen molar-refractivity contribution in [3.63, 3.8) is 0 Å². The minimum absolute atomic E-state index is 0.0216.